The van der Waals surface area contributed by atoms with E-state index in [1.54, 1.807) is 0 Å². The van der Waals surface area contributed by atoms with Gasteiger partial charge in [-0.2, -0.15) is 0 Å². The molecular formula is C23H24O. The van der Waals surface area contributed by atoms with Crippen LogP contribution in [0.1, 0.15) is 16.7 Å². The van der Waals surface area contributed by atoms with Crippen molar-refractivity contribution in [3.63, 3.8) is 0 Å². The Hall–Kier alpha value is -2.38. The molecule has 0 aromatic heterocycles. The van der Waals surface area contributed by atoms with Gasteiger partial charge in [-0.1, -0.05) is 91.0 Å². The Labute approximate surface area is 144 Å². The van der Waals surface area contributed by atoms with E-state index < -0.39 is 0 Å². The lowest BCUT2D eigenvalue weighted by Gasteiger charge is -2.33. The Morgan fingerprint density at radius 3 is 1.04 bits per heavy atom. The van der Waals surface area contributed by atoms with Gasteiger partial charge in [0.1, 0.15) is 0 Å². The summed E-state index contributed by atoms with van der Waals surface area (Å²) in [5.41, 5.74) is 3.64. The Morgan fingerprint density at radius 2 is 0.792 bits per heavy atom. The van der Waals surface area contributed by atoms with Crippen molar-refractivity contribution in [2.24, 2.45) is 5.41 Å². The lowest BCUT2D eigenvalue weighted by molar-refractivity contribution is 0.123. The van der Waals surface area contributed by atoms with Gasteiger partial charge in [-0.3, -0.25) is 0 Å². The first kappa shape index (κ1) is 16.5. The Morgan fingerprint density at radius 1 is 0.500 bits per heavy atom. The number of rotatable bonds is 7. The minimum absolute atomic E-state index is 0.172. The highest BCUT2D eigenvalue weighted by atomic mass is 16.3. The molecule has 0 aliphatic carbocycles. The molecule has 24 heavy (non-hydrogen) atoms. The van der Waals surface area contributed by atoms with Crippen LogP contribution in [0.25, 0.3) is 0 Å². The van der Waals surface area contributed by atoms with Crippen LogP contribution < -0.4 is 0 Å². The van der Waals surface area contributed by atoms with Gasteiger partial charge in [0.25, 0.3) is 0 Å². The first-order valence-electron chi connectivity index (χ1n) is 8.52. The van der Waals surface area contributed by atoms with Gasteiger partial charge in [0.05, 0.1) is 0 Å². The van der Waals surface area contributed by atoms with Crippen molar-refractivity contribution in [3.05, 3.63) is 108 Å². The topological polar surface area (TPSA) is 20.2 Å². The van der Waals surface area contributed by atoms with Gasteiger partial charge in [0.15, 0.2) is 0 Å². The fourth-order valence-corrected chi connectivity index (χ4v) is 3.44. The van der Waals surface area contributed by atoms with Crippen LogP contribution >= 0.6 is 0 Å². The lowest BCUT2D eigenvalue weighted by Crippen LogP contribution is -2.33. The van der Waals surface area contributed by atoms with Gasteiger partial charge in [-0.25, -0.2) is 0 Å². The normalized spacial score (nSPS) is 11.4. The van der Waals surface area contributed by atoms with Crippen LogP contribution in [-0.2, 0) is 19.3 Å². The maximum Gasteiger partial charge on any atom is 0.0497 e. The minimum atomic E-state index is -0.190. The number of hydrogen-bond acceptors (Lipinski definition) is 1. The third-order valence-corrected chi connectivity index (χ3v) is 4.60. The molecule has 0 bridgehead atoms. The first-order valence-corrected chi connectivity index (χ1v) is 8.52. The van der Waals surface area contributed by atoms with Gasteiger partial charge in [0, 0.05) is 12.0 Å². The maximum atomic E-state index is 10.4. The number of aliphatic hydroxyl groups excluding tert-OH is 1. The summed E-state index contributed by atoms with van der Waals surface area (Å²) in [5, 5.41) is 10.4. The van der Waals surface area contributed by atoms with Gasteiger partial charge in [0.2, 0.25) is 0 Å². The SMILES string of the molecule is OCC(Cc1ccccc1)(Cc1ccccc1)Cc1ccccc1. The minimum Gasteiger partial charge on any atom is -0.396 e. The predicted octanol–water partition coefficient (Wildman–Crippen LogP) is 4.69. The molecule has 0 spiro atoms. The van der Waals surface area contributed by atoms with Gasteiger partial charge >= 0.3 is 0 Å². The lowest BCUT2D eigenvalue weighted by atomic mass is 9.73. The standard InChI is InChI=1S/C23H24O/c24-19-23(16-20-10-4-1-5-11-20,17-21-12-6-2-7-13-21)18-22-14-8-3-9-15-22/h1-15,24H,16-19H2. The van der Waals surface area contributed by atoms with E-state index in [0.29, 0.717) is 0 Å². The number of hydrogen-bond donors (Lipinski definition) is 1. The van der Waals surface area contributed by atoms with Crippen molar-refractivity contribution < 1.29 is 5.11 Å². The van der Waals surface area contributed by atoms with E-state index in [-0.39, 0.29) is 12.0 Å². The zero-order chi connectivity index (χ0) is 16.7. The van der Waals surface area contributed by atoms with E-state index in [1.807, 2.05) is 18.2 Å². The largest absolute Gasteiger partial charge is 0.396 e. The summed E-state index contributed by atoms with van der Waals surface area (Å²) < 4.78 is 0. The van der Waals surface area contributed by atoms with Crippen LogP contribution in [0, 0.1) is 5.41 Å². The molecule has 0 fully saturated rings. The molecule has 3 rings (SSSR count). The molecule has 0 aliphatic rings. The summed E-state index contributed by atoms with van der Waals surface area (Å²) in [6, 6.07) is 31.5. The van der Waals surface area contributed by atoms with E-state index in [4.69, 9.17) is 0 Å². The molecule has 0 aliphatic heterocycles. The van der Waals surface area contributed by atoms with E-state index in [2.05, 4.69) is 72.8 Å². The summed E-state index contributed by atoms with van der Waals surface area (Å²) in [6.07, 6.45) is 2.61. The molecule has 0 radical (unpaired) electrons. The third kappa shape index (κ3) is 4.33. The second kappa shape index (κ2) is 7.94. The monoisotopic (exact) mass is 316 g/mol. The van der Waals surface area contributed by atoms with Crippen molar-refractivity contribution in [2.45, 2.75) is 19.3 Å². The van der Waals surface area contributed by atoms with Crippen LogP contribution in [0.5, 0.6) is 0 Å². The van der Waals surface area contributed by atoms with E-state index in [9.17, 15) is 5.11 Å². The van der Waals surface area contributed by atoms with E-state index in [0.717, 1.165) is 19.3 Å². The molecule has 0 unspecified atom stereocenters. The highest BCUT2D eigenvalue weighted by Crippen LogP contribution is 2.32. The molecule has 1 heteroatoms. The fourth-order valence-electron chi connectivity index (χ4n) is 3.44. The Kier molecular flexibility index (Phi) is 5.45. The van der Waals surface area contributed by atoms with Crippen molar-refractivity contribution in [3.8, 4) is 0 Å². The van der Waals surface area contributed by atoms with Crippen LogP contribution in [0.3, 0.4) is 0 Å². The summed E-state index contributed by atoms with van der Waals surface area (Å²) in [5.74, 6) is 0. The second-order valence-corrected chi connectivity index (χ2v) is 6.65. The molecule has 0 saturated carbocycles. The summed E-state index contributed by atoms with van der Waals surface area (Å²) in [6.45, 7) is 0.172. The first-order chi connectivity index (χ1) is 11.8. The molecule has 1 nitrogen and oxygen atoms in total. The van der Waals surface area contributed by atoms with Crippen molar-refractivity contribution >= 4 is 0 Å². The quantitative estimate of drug-likeness (QED) is 0.670. The maximum absolute atomic E-state index is 10.4. The Balaban J connectivity index is 1.91. The van der Waals surface area contributed by atoms with Crippen LogP contribution in [0.15, 0.2) is 91.0 Å². The second-order valence-electron chi connectivity index (χ2n) is 6.65. The Bertz CT molecular complexity index is 618. The van der Waals surface area contributed by atoms with Crippen LogP contribution in [0.4, 0.5) is 0 Å². The van der Waals surface area contributed by atoms with E-state index in [1.165, 1.54) is 16.7 Å². The summed E-state index contributed by atoms with van der Waals surface area (Å²) >= 11 is 0. The van der Waals surface area contributed by atoms with Crippen LogP contribution in [0.2, 0.25) is 0 Å². The van der Waals surface area contributed by atoms with Crippen LogP contribution in [-0.4, -0.2) is 11.7 Å². The third-order valence-electron chi connectivity index (χ3n) is 4.60. The zero-order valence-electron chi connectivity index (χ0n) is 13.9. The average Bonchev–Trinajstić information content (AvgIpc) is 2.64. The molecule has 122 valence electrons. The summed E-state index contributed by atoms with van der Waals surface area (Å²) in [4.78, 5) is 0. The van der Waals surface area contributed by atoms with Gasteiger partial charge in [-0.15, -0.1) is 0 Å². The molecule has 0 atom stereocenters. The fraction of sp³-hybridized carbons (Fsp3) is 0.217. The highest BCUT2D eigenvalue weighted by Gasteiger charge is 2.30. The highest BCUT2D eigenvalue weighted by molar-refractivity contribution is 5.24. The van der Waals surface area contributed by atoms with Crippen molar-refractivity contribution in [1.82, 2.24) is 0 Å². The van der Waals surface area contributed by atoms with Crippen molar-refractivity contribution in [1.29, 1.82) is 0 Å². The molecule has 0 amide bonds. The average molecular weight is 316 g/mol. The molecule has 0 saturated heterocycles. The van der Waals surface area contributed by atoms with E-state index >= 15 is 0 Å². The molecule has 1 N–H and O–H groups in total. The predicted molar refractivity (Wildman–Crippen MR) is 100.0 cm³/mol. The summed E-state index contributed by atoms with van der Waals surface area (Å²) in [7, 11) is 0. The zero-order valence-corrected chi connectivity index (χ0v) is 13.9. The number of aliphatic hydroxyl groups is 1. The molecular weight excluding hydrogens is 292 g/mol. The molecule has 0 heterocycles. The smallest absolute Gasteiger partial charge is 0.0497 e. The molecule has 3 aromatic rings. The van der Waals surface area contributed by atoms with Crippen molar-refractivity contribution in [2.75, 3.05) is 6.61 Å². The van der Waals surface area contributed by atoms with Gasteiger partial charge < -0.3 is 5.11 Å². The number of benzene rings is 3. The molecule has 3 aromatic carbocycles. The van der Waals surface area contributed by atoms with Gasteiger partial charge in [-0.05, 0) is 36.0 Å².